The van der Waals surface area contributed by atoms with Gasteiger partial charge in [-0.3, -0.25) is 9.78 Å². The Kier molecular flexibility index (Phi) is 4.06. The number of hydrogen-bond acceptors (Lipinski definition) is 3. The molecule has 4 nitrogen and oxygen atoms in total. The molecule has 4 rings (SSSR count). The first-order valence-corrected chi connectivity index (χ1v) is 8.64. The van der Waals surface area contributed by atoms with Gasteiger partial charge in [0.1, 0.15) is 5.75 Å². The zero-order chi connectivity index (χ0) is 17.4. The molecule has 1 aromatic heterocycles. The molecule has 1 aliphatic carbocycles. The maximum atomic E-state index is 12.8. The summed E-state index contributed by atoms with van der Waals surface area (Å²) in [6.07, 6.45) is 2.25. The lowest BCUT2D eigenvalue weighted by atomic mass is 10.0. The highest BCUT2D eigenvalue weighted by atomic mass is 35.5. The molecule has 5 heteroatoms. The number of nitrogens with one attached hydrogen (secondary N) is 1. The number of carbonyl (C=O) groups excluding carboxylic acids is 1. The maximum absolute atomic E-state index is 12.8. The molecule has 1 aliphatic rings. The molecule has 0 bridgehead atoms. The van der Waals surface area contributed by atoms with Crippen LogP contribution in [0.25, 0.3) is 10.9 Å². The van der Waals surface area contributed by atoms with Gasteiger partial charge in [-0.15, -0.1) is 0 Å². The predicted octanol–water partition coefficient (Wildman–Crippen LogP) is 4.40. The van der Waals surface area contributed by atoms with Gasteiger partial charge in [0, 0.05) is 28.6 Å². The largest absolute Gasteiger partial charge is 0.508 e. The van der Waals surface area contributed by atoms with Crippen molar-refractivity contribution in [3.63, 3.8) is 0 Å². The molecule has 2 aromatic carbocycles. The molecule has 3 aromatic rings. The number of fused-ring (bicyclic) bond motifs is 1. The van der Waals surface area contributed by atoms with E-state index in [0.717, 1.165) is 35.0 Å². The third kappa shape index (κ3) is 3.44. The van der Waals surface area contributed by atoms with Crippen LogP contribution in [0.15, 0.2) is 48.5 Å². The Morgan fingerprint density at radius 3 is 2.64 bits per heavy atom. The topological polar surface area (TPSA) is 62.2 Å². The van der Waals surface area contributed by atoms with E-state index in [-0.39, 0.29) is 11.7 Å². The molecule has 0 unspecified atom stereocenters. The van der Waals surface area contributed by atoms with Crippen LogP contribution in [0.3, 0.4) is 0 Å². The summed E-state index contributed by atoms with van der Waals surface area (Å²) in [5, 5.41) is 13.6. The molecule has 126 valence electrons. The Hall–Kier alpha value is -2.59. The van der Waals surface area contributed by atoms with Crippen molar-refractivity contribution in [2.75, 3.05) is 0 Å². The third-order valence-electron chi connectivity index (χ3n) is 4.42. The van der Waals surface area contributed by atoms with Crippen LogP contribution in [0.5, 0.6) is 5.75 Å². The lowest BCUT2D eigenvalue weighted by molar-refractivity contribution is 0.0952. The minimum Gasteiger partial charge on any atom is -0.508 e. The molecule has 1 amide bonds. The quantitative estimate of drug-likeness (QED) is 0.731. The number of phenolic OH excluding ortho intramolecular Hbond substituents is 1. The number of aromatic nitrogens is 1. The number of rotatable bonds is 4. The first-order valence-electron chi connectivity index (χ1n) is 8.26. The first-order chi connectivity index (χ1) is 12.1. The van der Waals surface area contributed by atoms with Crippen molar-refractivity contribution in [3.05, 3.63) is 70.4 Å². The standard InChI is InChI=1S/C20H17ClN2O2/c21-14-5-8-18-16(9-14)17(10-19(23-18)13-3-4-13)20(25)22-11-12-1-6-15(24)7-2-12/h1-2,5-10,13,24H,3-4,11H2,(H,22,25). The molecule has 1 saturated carbocycles. The number of phenols is 1. The highest BCUT2D eigenvalue weighted by Gasteiger charge is 2.27. The zero-order valence-electron chi connectivity index (χ0n) is 13.5. The summed E-state index contributed by atoms with van der Waals surface area (Å²) in [7, 11) is 0. The van der Waals surface area contributed by atoms with E-state index in [1.54, 1.807) is 36.4 Å². The van der Waals surface area contributed by atoms with Crippen LogP contribution in [0.1, 0.15) is 40.4 Å². The van der Waals surface area contributed by atoms with Crippen molar-refractivity contribution in [2.45, 2.75) is 25.3 Å². The van der Waals surface area contributed by atoms with Crippen molar-refractivity contribution in [1.29, 1.82) is 0 Å². The average molecular weight is 353 g/mol. The van der Waals surface area contributed by atoms with Crippen molar-refractivity contribution in [1.82, 2.24) is 10.3 Å². The summed E-state index contributed by atoms with van der Waals surface area (Å²) in [6.45, 7) is 0.391. The van der Waals surface area contributed by atoms with Gasteiger partial charge in [0.15, 0.2) is 0 Å². The number of aromatic hydroxyl groups is 1. The van der Waals surface area contributed by atoms with E-state index >= 15 is 0 Å². The summed E-state index contributed by atoms with van der Waals surface area (Å²) in [6, 6.07) is 14.1. The molecule has 1 heterocycles. The van der Waals surface area contributed by atoms with Gasteiger partial charge in [0.25, 0.3) is 5.91 Å². The molecule has 0 aliphatic heterocycles. The molecule has 25 heavy (non-hydrogen) atoms. The number of benzene rings is 2. The van der Waals surface area contributed by atoms with Crippen molar-refractivity contribution < 1.29 is 9.90 Å². The van der Waals surface area contributed by atoms with Crippen LogP contribution in [0.4, 0.5) is 0 Å². The molecule has 2 N–H and O–H groups in total. The monoisotopic (exact) mass is 352 g/mol. The number of hydrogen-bond donors (Lipinski definition) is 2. The van der Waals surface area contributed by atoms with E-state index < -0.39 is 0 Å². The number of carbonyl (C=O) groups is 1. The van der Waals surface area contributed by atoms with E-state index in [9.17, 15) is 9.90 Å². The van der Waals surface area contributed by atoms with E-state index in [0.29, 0.717) is 23.0 Å². The Morgan fingerprint density at radius 1 is 1.16 bits per heavy atom. The SMILES string of the molecule is O=C(NCc1ccc(O)cc1)c1cc(C2CC2)nc2ccc(Cl)cc12. The van der Waals surface area contributed by atoms with E-state index in [1.165, 1.54) is 0 Å². The highest BCUT2D eigenvalue weighted by molar-refractivity contribution is 6.31. The Bertz CT molecular complexity index is 950. The van der Waals surface area contributed by atoms with Gasteiger partial charge in [0.2, 0.25) is 0 Å². The fourth-order valence-corrected chi connectivity index (χ4v) is 3.06. The van der Waals surface area contributed by atoms with Crippen molar-refractivity contribution in [3.8, 4) is 5.75 Å². The second-order valence-corrected chi connectivity index (χ2v) is 6.82. The number of nitrogens with zero attached hydrogens (tertiary/aromatic N) is 1. The Balaban J connectivity index is 1.65. The number of pyridine rings is 1. The number of halogens is 1. The second-order valence-electron chi connectivity index (χ2n) is 6.38. The minimum absolute atomic E-state index is 0.148. The van der Waals surface area contributed by atoms with E-state index in [1.807, 2.05) is 12.1 Å². The lowest BCUT2D eigenvalue weighted by Crippen LogP contribution is -2.23. The van der Waals surface area contributed by atoms with Crippen LogP contribution in [-0.2, 0) is 6.54 Å². The molecular weight excluding hydrogens is 336 g/mol. The fourth-order valence-electron chi connectivity index (χ4n) is 2.89. The first kappa shape index (κ1) is 15.9. The summed E-state index contributed by atoms with van der Waals surface area (Å²) >= 11 is 6.11. The van der Waals surface area contributed by atoms with Crippen LogP contribution in [0.2, 0.25) is 5.02 Å². The van der Waals surface area contributed by atoms with Gasteiger partial charge in [-0.2, -0.15) is 0 Å². The van der Waals surface area contributed by atoms with Crippen molar-refractivity contribution >= 4 is 28.4 Å². The molecule has 0 atom stereocenters. The molecule has 0 spiro atoms. The second kappa shape index (κ2) is 6.37. The van der Waals surface area contributed by atoms with Gasteiger partial charge in [-0.1, -0.05) is 23.7 Å². The average Bonchev–Trinajstić information content (AvgIpc) is 3.45. The molecule has 1 fully saturated rings. The zero-order valence-corrected chi connectivity index (χ0v) is 14.3. The molecule has 0 saturated heterocycles. The van der Waals surface area contributed by atoms with E-state index in [4.69, 9.17) is 11.6 Å². The molecular formula is C20H17ClN2O2. The van der Waals surface area contributed by atoms with Gasteiger partial charge in [-0.05, 0) is 54.8 Å². The van der Waals surface area contributed by atoms with Crippen LogP contribution in [0, 0.1) is 0 Å². The van der Waals surface area contributed by atoms with Crippen LogP contribution >= 0.6 is 11.6 Å². The smallest absolute Gasteiger partial charge is 0.252 e. The Morgan fingerprint density at radius 2 is 1.92 bits per heavy atom. The summed E-state index contributed by atoms with van der Waals surface area (Å²) in [5.41, 5.74) is 3.30. The summed E-state index contributed by atoms with van der Waals surface area (Å²) < 4.78 is 0. The number of amides is 1. The third-order valence-corrected chi connectivity index (χ3v) is 4.66. The van der Waals surface area contributed by atoms with Crippen LogP contribution in [-0.4, -0.2) is 16.0 Å². The Labute approximate surface area is 150 Å². The normalized spacial score (nSPS) is 13.8. The fraction of sp³-hybridized carbons (Fsp3) is 0.200. The van der Waals surface area contributed by atoms with Crippen LogP contribution < -0.4 is 5.32 Å². The predicted molar refractivity (Wildman–Crippen MR) is 98.0 cm³/mol. The maximum Gasteiger partial charge on any atom is 0.252 e. The van der Waals surface area contributed by atoms with Gasteiger partial charge in [0.05, 0.1) is 11.1 Å². The van der Waals surface area contributed by atoms with Gasteiger partial charge < -0.3 is 10.4 Å². The highest BCUT2D eigenvalue weighted by Crippen LogP contribution is 2.40. The van der Waals surface area contributed by atoms with Crippen molar-refractivity contribution in [2.24, 2.45) is 0 Å². The summed E-state index contributed by atoms with van der Waals surface area (Å²) in [4.78, 5) is 17.5. The minimum atomic E-state index is -0.148. The summed E-state index contributed by atoms with van der Waals surface area (Å²) in [5.74, 6) is 0.521. The van der Waals surface area contributed by atoms with E-state index in [2.05, 4.69) is 10.3 Å². The van der Waals surface area contributed by atoms with Gasteiger partial charge in [-0.25, -0.2) is 0 Å². The molecule has 0 radical (unpaired) electrons. The van der Waals surface area contributed by atoms with Gasteiger partial charge >= 0.3 is 0 Å². The lowest BCUT2D eigenvalue weighted by Gasteiger charge is -2.11.